The molecule has 6 heteroatoms. The average Bonchev–Trinajstić information content (AvgIpc) is 3.26. The molecule has 6 nitrogen and oxygen atoms in total. The monoisotopic (exact) mass is 351 g/mol. The molecule has 0 aliphatic carbocycles. The maximum absolute atomic E-state index is 13.2. The number of rotatable bonds is 4. The topological polar surface area (TPSA) is 55.4 Å². The molecule has 0 radical (unpaired) electrons. The van der Waals surface area contributed by atoms with Crippen LogP contribution >= 0.6 is 0 Å². The molecule has 26 heavy (non-hydrogen) atoms. The summed E-state index contributed by atoms with van der Waals surface area (Å²) in [6, 6.07) is 6.21. The molecule has 3 aromatic rings. The predicted octanol–water partition coefficient (Wildman–Crippen LogP) is 3.23. The first-order chi connectivity index (χ1) is 12.6. The van der Waals surface area contributed by atoms with Gasteiger partial charge in [-0.15, -0.1) is 0 Å². The summed E-state index contributed by atoms with van der Waals surface area (Å²) in [4.78, 5) is 24.0. The fourth-order valence-electron chi connectivity index (χ4n) is 3.89. The molecule has 136 valence electrons. The Bertz CT molecular complexity index is 925. The van der Waals surface area contributed by atoms with Crippen LogP contribution in [0.4, 0.5) is 0 Å². The Hall–Kier alpha value is -2.63. The third-order valence-corrected chi connectivity index (χ3v) is 5.43. The highest BCUT2D eigenvalue weighted by molar-refractivity contribution is 5.93. The van der Waals surface area contributed by atoms with Crippen molar-refractivity contribution in [3.8, 4) is 0 Å². The van der Waals surface area contributed by atoms with Gasteiger partial charge in [0, 0.05) is 43.4 Å². The zero-order valence-electron chi connectivity index (χ0n) is 15.4. The molecule has 1 aliphatic heterocycles. The fourth-order valence-corrected chi connectivity index (χ4v) is 3.89. The van der Waals surface area contributed by atoms with E-state index >= 15 is 0 Å². The zero-order chi connectivity index (χ0) is 18.1. The molecule has 1 saturated heterocycles. The summed E-state index contributed by atoms with van der Waals surface area (Å²) >= 11 is 0. The molecule has 0 saturated carbocycles. The van der Waals surface area contributed by atoms with Crippen molar-refractivity contribution in [3.63, 3.8) is 0 Å². The molecule has 0 aromatic carbocycles. The molecule has 3 aromatic heterocycles. The lowest BCUT2D eigenvalue weighted by Crippen LogP contribution is -2.44. The molecule has 1 amide bonds. The number of imidazole rings is 2. The third-order valence-electron chi connectivity index (χ3n) is 5.43. The smallest absolute Gasteiger partial charge is 0.274 e. The number of fused-ring (bicyclic) bond motifs is 1. The lowest BCUT2D eigenvalue weighted by Gasteiger charge is -2.35. The van der Waals surface area contributed by atoms with E-state index in [4.69, 9.17) is 0 Å². The van der Waals surface area contributed by atoms with E-state index in [1.54, 1.807) is 0 Å². The van der Waals surface area contributed by atoms with Crippen molar-refractivity contribution in [3.05, 3.63) is 54.0 Å². The van der Waals surface area contributed by atoms with E-state index in [1.165, 1.54) is 6.42 Å². The lowest BCUT2D eigenvalue weighted by molar-refractivity contribution is 0.0590. The van der Waals surface area contributed by atoms with E-state index in [0.29, 0.717) is 5.69 Å². The highest BCUT2D eigenvalue weighted by Crippen LogP contribution is 2.23. The van der Waals surface area contributed by atoms with Crippen molar-refractivity contribution in [1.82, 2.24) is 23.8 Å². The van der Waals surface area contributed by atoms with Gasteiger partial charge >= 0.3 is 0 Å². The SMILES string of the molecule is Cc1nccn1CCC1CCCCN1C(=O)c1cn2c(C)cccc2n1. The molecular formula is C20H25N5O. The number of hydrogen-bond donors (Lipinski definition) is 0. The molecular weight excluding hydrogens is 326 g/mol. The highest BCUT2D eigenvalue weighted by atomic mass is 16.2. The molecule has 0 spiro atoms. The Labute approximate surface area is 153 Å². The van der Waals surface area contributed by atoms with Crippen LogP contribution in [-0.2, 0) is 6.54 Å². The molecule has 1 unspecified atom stereocenters. The average molecular weight is 351 g/mol. The van der Waals surface area contributed by atoms with Gasteiger partial charge in [-0.05, 0) is 51.7 Å². The van der Waals surface area contributed by atoms with Gasteiger partial charge in [-0.3, -0.25) is 4.79 Å². The van der Waals surface area contributed by atoms with Crippen LogP contribution in [0.25, 0.3) is 5.65 Å². The van der Waals surface area contributed by atoms with Crippen LogP contribution < -0.4 is 0 Å². The number of aryl methyl sites for hydroxylation is 3. The standard InChI is InChI=1S/C20H25N5O/c1-15-6-5-8-19-22-18(14-25(15)19)20(26)24-11-4-3-7-17(24)9-12-23-13-10-21-16(23)2/h5-6,8,10,13-14,17H,3-4,7,9,11-12H2,1-2H3. The van der Waals surface area contributed by atoms with Gasteiger partial charge in [0.1, 0.15) is 17.2 Å². The fraction of sp³-hybridized carbons (Fsp3) is 0.450. The molecule has 1 aliphatic rings. The van der Waals surface area contributed by atoms with Gasteiger partial charge in [0.05, 0.1) is 0 Å². The van der Waals surface area contributed by atoms with E-state index in [9.17, 15) is 4.79 Å². The number of carbonyl (C=O) groups excluding carboxylic acids is 1. The van der Waals surface area contributed by atoms with Gasteiger partial charge < -0.3 is 13.9 Å². The van der Waals surface area contributed by atoms with Gasteiger partial charge in [-0.25, -0.2) is 9.97 Å². The van der Waals surface area contributed by atoms with Crippen molar-refractivity contribution < 1.29 is 4.79 Å². The van der Waals surface area contributed by atoms with E-state index in [-0.39, 0.29) is 11.9 Å². The first-order valence-electron chi connectivity index (χ1n) is 9.37. The summed E-state index contributed by atoms with van der Waals surface area (Å²) in [7, 11) is 0. The van der Waals surface area contributed by atoms with Crippen molar-refractivity contribution in [1.29, 1.82) is 0 Å². The Morgan fingerprint density at radius 1 is 1.27 bits per heavy atom. The van der Waals surface area contributed by atoms with Crippen LogP contribution in [0.5, 0.6) is 0 Å². The molecule has 4 heterocycles. The van der Waals surface area contributed by atoms with E-state index in [0.717, 1.165) is 49.5 Å². The first kappa shape index (κ1) is 16.8. The summed E-state index contributed by atoms with van der Waals surface area (Å²) in [5, 5.41) is 0. The summed E-state index contributed by atoms with van der Waals surface area (Å²) in [5.41, 5.74) is 2.46. The van der Waals surface area contributed by atoms with Crippen LogP contribution in [0.3, 0.4) is 0 Å². The molecule has 1 atom stereocenters. The van der Waals surface area contributed by atoms with E-state index in [2.05, 4.69) is 14.5 Å². The highest BCUT2D eigenvalue weighted by Gasteiger charge is 2.28. The van der Waals surface area contributed by atoms with Gasteiger partial charge in [0.25, 0.3) is 5.91 Å². The summed E-state index contributed by atoms with van der Waals surface area (Å²) in [6.07, 6.45) is 9.98. The number of carbonyl (C=O) groups is 1. The van der Waals surface area contributed by atoms with E-state index < -0.39 is 0 Å². The zero-order valence-corrected chi connectivity index (χ0v) is 15.4. The summed E-state index contributed by atoms with van der Waals surface area (Å²) < 4.78 is 4.15. The number of piperidine rings is 1. The second-order valence-corrected chi connectivity index (χ2v) is 7.13. The number of aromatic nitrogens is 4. The second-order valence-electron chi connectivity index (χ2n) is 7.13. The summed E-state index contributed by atoms with van der Waals surface area (Å²) in [6.45, 7) is 5.76. The summed E-state index contributed by atoms with van der Waals surface area (Å²) in [5.74, 6) is 1.08. The van der Waals surface area contributed by atoms with Crippen LogP contribution in [0.15, 0.2) is 36.8 Å². The Morgan fingerprint density at radius 2 is 2.15 bits per heavy atom. The quantitative estimate of drug-likeness (QED) is 0.725. The van der Waals surface area contributed by atoms with Crippen LogP contribution in [0.1, 0.15) is 47.7 Å². The minimum atomic E-state index is 0.0557. The van der Waals surface area contributed by atoms with E-state index in [1.807, 2.05) is 59.9 Å². The number of likely N-dealkylation sites (tertiary alicyclic amines) is 1. The minimum Gasteiger partial charge on any atom is -0.335 e. The van der Waals surface area contributed by atoms with Gasteiger partial charge in [0.15, 0.2) is 0 Å². The van der Waals surface area contributed by atoms with Crippen molar-refractivity contribution in [2.24, 2.45) is 0 Å². The Balaban J connectivity index is 1.53. The molecule has 0 N–H and O–H groups in total. The first-order valence-corrected chi connectivity index (χ1v) is 9.37. The van der Waals surface area contributed by atoms with Crippen LogP contribution in [-0.4, -0.2) is 42.3 Å². The van der Waals surface area contributed by atoms with Gasteiger partial charge in [-0.2, -0.15) is 0 Å². The maximum Gasteiger partial charge on any atom is 0.274 e. The van der Waals surface area contributed by atoms with Gasteiger partial charge in [0.2, 0.25) is 0 Å². The molecule has 4 rings (SSSR count). The maximum atomic E-state index is 13.2. The van der Waals surface area contributed by atoms with Crippen molar-refractivity contribution >= 4 is 11.6 Å². The lowest BCUT2D eigenvalue weighted by atomic mass is 9.99. The normalized spacial score (nSPS) is 17.8. The third kappa shape index (κ3) is 3.11. The number of pyridine rings is 1. The molecule has 1 fully saturated rings. The minimum absolute atomic E-state index is 0.0557. The predicted molar refractivity (Wildman–Crippen MR) is 100 cm³/mol. The Morgan fingerprint density at radius 3 is 2.92 bits per heavy atom. The van der Waals surface area contributed by atoms with Crippen molar-refractivity contribution in [2.45, 2.75) is 52.1 Å². The van der Waals surface area contributed by atoms with Crippen LogP contribution in [0.2, 0.25) is 0 Å². The van der Waals surface area contributed by atoms with Crippen LogP contribution in [0, 0.1) is 13.8 Å². The second kappa shape index (κ2) is 6.94. The number of nitrogens with zero attached hydrogens (tertiary/aromatic N) is 5. The molecule has 0 bridgehead atoms. The number of amides is 1. The Kier molecular flexibility index (Phi) is 4.49. The largest absolute Gasteiger partial charge is 0.335 e. The number of hydrogen-bond acceptors (Lipinski definition) is 3. The van der Waals surface area contributed by atoms with Gasteiger partial charge in [-0.1, -0.05) is 6.07 Å². The van der Waals surface area contributed by atoms with Crippen molar-refractivity contribution in [2.75, 3.05) is 6.54 Å².